The zero-order valence-electron chi connectivity index (χ0n) is 12.3. The fraction of sp³-hybridized carbons (Fsp3) is 0.562. The van der Waals surface area contributed by atoms with E-state index in [4.69, 9.17) is 4.74 Å². The molecule has 0 aromatic heterocycles. The van der Waals surface area contributed by atoms with Crippen LogP contribution in [0.15, 0.2) is 18.2 Å². The maximum absolute atomic E-state index is 11.3. The summed E-state index contributed by atoms with van der Waals surface area (Å²) in [7, 11) is 1.70. The number of ketones is 1. The Labute approximate surface area is 110 Å². The van der Waals surface area contributed by atoms with Crippen LogP contribution < -0.4 is 4.74 Å². The largest absolute Gasteiger partial charge is 0.496 e. The van der Waals surface area contributed by atoms with Gasteiger partial charge in [-0.05, 0) is 35.4 Å². The number of carbonyl (C=O) groups is 1. The van der Waals surface area contributed by atoms with Crippen LogP contribution in [0, 0.1) is 0 Å². The van der Waals surface area contributed by atoms with Crippen LogP contribution in [-0.2, 0) is 10.2 Å². The molecule has 0 unspecified atom stereocenters. The van der Waals surface area contributed by atoms with Crippen molar-refractivity contribution in [1.29, 1.82) is 0 Å². The van der Waals surface area contributed by atoms with Crippen LogP contribution in [-0.4, -0.2) is 12.9 Å². The van der Waals surface area contributed by atoms with E-state index in [1.165, 1.54) is 11.1 Å². The van der Waals surface area contributed by atoms with E-state index in [-0.39, 0.29) is 11.2 Å². The Hall–Kier alpha value is -1.31. The van der Waals surface area contributed by atoms with Crippen LogP contribution in [0.1, 0.15) is 58.1 Å². The fourth-order valence-electron chi connectivity index (χ4n) is 2.33. The second-order valence-electron chi connectivity index (χ2n) is 5.87. The summed E-state index contributed by atoms with van der Waals surface area (Å²) in [4.78, 5) is 11.3. The highest BCUT2D eigenvalue weighted by Gasteiger charge is 2.24. The smallest absolute Gasteiger partial charge is 0.130 e. The molecule has 0 spiro atoms. The Balaban J connectivity index is 3.19. The first-order valence-electron chi connectivity index (χ1n) is 6.46. The molecule has 0 bridgehead atoms. The molecule has 0 heterocycles. The number of ether oxygens (including phenoxy) is 1. The van der Waals surface area contributed by atoms with Gasteiger partial charge < -0.3 is 4.74 Å². The lowest BCUT2D eigenvalue weighted by atomic mass is 9.79. The summed E-state index contributed by atoms with van der Waals surface area (Å²) in [6.45, 7) is 10.2. The number of hydrogen-bond acceptors (Lipinski definition) is 2. The van der Waals surface area contributed by atoms with Gasteiger partial charge >= 0.3 is 0 Å². The van der Waals surface area contributed by atoms with Crippen LogP contribution in [0.2, 0.25) is 0 Å². The monoisotopic (exact) mass is 248 g/mol. The summed E-state index contributed by atoms with van der Waals surface area (Å²) < 4.78 is 5.39. The summed E-state index contributed by atoms with van der Waals surface area (Å²) in [5, 5.41) is 0. The standard InChI is InChI=1S/C16H24O2/c1-11(2)14-9-13(7-8-15(14)18-6)16(4,5)10-12(3)17/h7-9,11H,10H2,1-6H3. The maximum Gasteiger partial charge on any atom is 0.130 e. The lowest BCUT2D eigenvalue weighted by Gasteiger charge is -2.26. The first kappa shape index (κ1) is 14.7. The molecule has 1 aromatic rings. The third-order valence-corrected chi connectivity index (χ3v) is 3.32. The van der Waals surface area contributed by atoms with Crippen molar-refractivity contribution in [2.75, 3.05) is 7.11 Å². The van der Waals surface area contributed by atoms with Gasteiger partial charge in [0.15, 0.2) is 0 Å². The molecule has 0 fully saturated rings. The highest BCUT2D eigenvalue weighted by molar-refractivity contribution is 5.77. The highest BCUT2D eigenvalue weighted by atomic mass is 16.5. The van der Waals surface area contributed by atoms with Crippen molar-refractivity contribution in [3.8, 4) is 5.75 Å². The number of carbonyl (C=O) groups excluding carboxylic acids is 1. The molecule has 18 heavy (non-hydrogen) atoms. The number of Topliss-reactive ketones (excluding diaryl/α,β-unsaturated/α-hetero) is 1. The van der Waals surface area contributed by atoms with Gasteiger partial charge in [0.2, 0.25) is 0 Å². The number of benzene rings is 1. The lowest BCUT2D eigenvalue weighted by molar-refractivity contribution is -0.118. The van der Waals surface area contributed by atoms with Gasteiger partial charge in [0.05, 0.1) is 7.11 Å². The van der Waals surface area contributed by atoms with Crippen LogP contribution in [0.3, 0.4) is 0 Å². The minimum atomic E-state index is -0.123. The van der Waals surface area contributed by atoms with Crippen LogP contribution >= 0.6 is 0 Å². The summed E-state index contributed by atoms with van der Waals surface area (Å²) >= 11 is 0. The van der Waals surface area contributed by atoms with Gasteiger partial charge in [-0.1, -0.05) is 39.8 Å². The van der Waals surface area contributed by atoms with Crippen molar-refractivity contribution in [3.63, 3.8) is 0 Å². The molecule has 1 aromatic carbocycles. The van der Waals surface area contributed by atoms with Crippen molar-refractivity contribution >= 4 is 5.78 Å². The van der Waals surface area contributed by atoms with Crippen molar-refractivity contribution < 1.29 is 9.53 Å². The van der Waals surface area contributed by atoms with Crippen molar-refractivity contribution in [2.45, 2.75) is 52.4 Å². The molecule has 0 aliphatic carbocycles. The van der Waals surface area contributed by atoms with Gasteiger partial charge in [0.25, 0.3) is 0 Å². The van der Waals surface area contributed by atoms with Crippen molar-refractivity contribution in [3.05, 3.63) is 29.3 Å². The average Bonchev–Trinajstić information content (AvgIpc) is 2.26. The number of rotatable bonds is 5. The summed E-state index contributed by atoms with van der Waals surface area (Å²) in [5.41, 5.74) is 2.27. The summed E-state index contributed by atoms with van der Waals surface area (Å²) in [6.07, 6.45) is 0.566. The molecule has 0 aliphatic heterocycles. The van der Waals surface area contributed by atoms with Crippen molar-refractivity contribution in [2.24, 2.45) is 0 Å². The van der Waals surface area contributed by atoms with E-state index in [0.29, 0.717) is 12.3 Å². The molecular formula is C16H24O2. The molecule has 0 saturated carbocycles. The first-order valence-corrected chi connectivity index (χ1v) is 6.46. The molecule has 2 nitrogen and oxygen atoms in total. The molecule has 0 saturated heterocycles. The lowest BCUT2D eigenvalue weighted by Crippen LogP contribution is -2.21. The topological polar surface area (TPSA) is 26.3 Å². The first-order chi connectivity index (χ1) is 8.27. The minimum Gasteiger partial charge on any atom is -0.496 e. The molecule has 0 amide bonds. The normalized spacial score (nSPS) is 11.7. The molecule has 1 rings (SSSR count). The number of methoxy groups -OCH3 is 1. The molecule has 0 radical (unpaired) electrons. The molecule has 0 N–H and O–H groups in total. The van der Waals surface area contributed by atoms with Crippen LogP contribution in [0.4, 0.5) is 0 Å². The predicted octanol–water partition coefficient (Wildman–Crippen LogP) is 4.08. The Morgan fingerprint density at radius 1 is 1.33 bits per heavy atom. The van der Waals surface area contributed by atoms with E-state index in [1.54, 1.807) is 14.0 Å². The van der Waals surface area contributed by atoms with Gasteiger partial charge in [0.1, 0.15) is 11.5 Å². The molecule has 0 aliphatic rings. The second kappa shape index (κ2) is 5.55. The predicted molar refractivity (Wildman–Crippen MR) is 75.4 cm³/mol. The van der Waals surface area contributed by atoms with E-state index >= 15 is 0 Å². The average molecular weight is 248 g/mol. The van der Waals surface area contributed by atoms with E-state index in [0.717, 1.165) is 5.75 Å². The SMILES string of the molecule is COc1ccc(C(C)(C)CC(C)=O)cc1C(C)C. The Morgan fingerprint density at radius 3 is 2.39 bits per heavy atom. The summed E-state index contributed by atoms with van der Waals surface area (Å²) in [6, 6.07) is 6.24. The number of hydrogen-bond donors (Lipinski definition) is 0. The maximum atomic E-state index is 11.3. The molecular weight excluding hydrogens is 224 g/mol. The Kier molecular flexibility index (Phi) is 4.55. The Bertz CT molecular complexity index is 431. The zero-order chi connectivity index (χ0) is 13.9. The van der Waals surface area contributed by atoms with E-state index < -0.39 is 0 Å². The van der Waals surface area contributed by atoms with Gasteiger partial charge in [0, 0.05) is 6.42 Å². The second-order valence-corrected chi connectivity index (χ2v) is 5.87. The van der Waals surface area contributed by atoms with Crippen LogP contribution in [0.5, 0.6) is 5.75 Å². The van der Waals surface area contributed by atoms with Crippen LogP contribution in [0.25, 0.3) is 0 Å². The van der Waals surface area contributed by atoms with E-state index in [9.17, 15) is 4.79 Å². The van der Waals surface area contributed by atoms with Gasteiger partial charge in [-0.25, -0.2) is 0 Å². The summed E-state index contributed by atoms with van der Waals surface area (Å²) in [5.74, 6) is 1.56. The zero-order valence-corrected chi connectivity index (χ0v) is 12.3. The quantitative estimate of drug-likeness (QED) is 0.785. The van der Waals surface area contributed by atoms with E-state index in [1.807, 2.05) is 6.07 Å². The van der Waals surface area contributed by atoms with E-state index in [2.05, 4.69) is 39.8 Å². The fourth-order valence-corrected chi connectivity index (χ4v) is 2.33. The molecule has 0 atom stereocenters. The third kappa shape index (κ3) is 3.34. The van der Waals surface area contributed by atoms with Crippen molar-refractivity contribution in [1.82, 2.24) is 0 Å². The minimum absolute atomic E-state index is 0.123. The molecule has 100 valence electrons. The van der Waals surface area contributed by atoms with Gasteiger partial charge in [-0.15, -0.1) is 0 Å². The third-order valence-electron chi connectivity index (χ3n) is 3.32. The highest BCUT2D eigenvalue weighted by Crippen LogP contribution is 2.34. The molecule has 2 heteroatoms. The van der Waals surface area contributed by atoms with Gasteiger partial charge in [-0.2, -0.15) is 0 Å². The Morgan fingerprint density at radius 2 is 1.94 bits per heavy atom. The van der Waals surface area contributed by atoms with Gasteiger partial charge in [-0.3, -0.25) is 4.79 Å².